The molecule has 4 rings (SSSR count). The van der Waals surface area contributed by atoms with Gasteiger partial charge in [0.15, 0.2) is 6.29 Å². The zero-order valence-corrected chi connectivity index (χ0v) is 22.1. The maximum atomic E-state index is 12.0. The third-order valence-electron chi connectivity index (χ3n) is 6.39. The number of carboxylic acid groups (broad SMARTS) is 1. The number of aliphatic hydroxyl groups excluding tert-OH is 1. The summed E-state index contributed by atoms with van der Waals surface area (Å²) in [4.78, 5) is 24.2. The van der Waals surface area contributed by atoms with Crippen LogP contribution in [0, 0.1) is 5.92 Å². The summed E-state index contributed by atoms with van der Waals surface area (Å²) in [7, 11) is 0. The Labute approximate surface area is 226 Å². The first-order chi connectivity index (χ1) is 18.4. The van der Waals surface area contributed by atoms with E-state index in [1.807, 2.05) is 55.5 Å². The highest BCUT2D eigenvalue weighted by Crippen LogP contribution is 2.43. The summed E-state index contributed by atoms with van der Waals surface area (Å²) < 4.78 is 13.0. The average Bonchev–Trinajstić information content (AvgIpc) is 2.93. The van der Waals surface area contributed by atoms with Gasteiger partial charge in [0, 0.05) is 34.4 Å². The molecule has 4 atom stereocenters. The first-order valence-electron chi connectivity index (χ1n) is 12.5. The van der Waals surface area contributed by atoms with E-state index >= 15 is 0 Å². The average molecular weight is 537 g/mol. The second-order valence-electron chi connectivity index (χ2n) is 9.07. The van der Waals surface area contributed by atoms with Gasteiger partial charge in [-0.15, -0.1) is 11.8 Å². The van der Waals surface area contributed by atoms with Crippen LogP contribution in [0.2, 0.25) is 0 Å². The van der Waals surface area contributed by atoms with Crippen LogP contribution in [0.15, 0.2) is 77.7 Å². The number of nitrogens with one attached hydrogen (secondary N) is 2. The normalized spacial score (nSPS) is 21.0. The Hall–Kier alpha value is -3.37. The summed E-state index contributed by atoms with van der Waals surface area (Å²) in [6.07, 6.45) is -1.11. The molecule has 8 nitrogen and oxygen atoms in total. The minimum Gasteiger partial charge on any atom is -0.478 e. The quantitative estimate of drug-likeness (QED) is 0.263. The van der Waals surface area contributed by atoms with Crippen LogP contribution in [0.5, 0.6) is 0 Å². The molecule has 1 aliphatic heterocycles. The second-order valence-corrected chi connectivity index (χ2v) is 10.2. The molecule has 3 aromatic rings. The standard InChI is InChI=1S/C29H32N2O6S/c1-3-30-29(35)31-23-6-4-5-22(15-23)28-36-25(17-38-24-13-11-21(12-14-24)27(33)34)18(2)26(37-28)20-9-7-19(16-32)8-10-20/h4-15,18,25-26,28,32H,3,16-17H2,1-2H3,(H,33,34)(H2,30,31,35)/t18-,25+,26+,28?/m0/s1. The van der Waals surface area contributed by atoms with Gasteiger partial charge in [0.05, 0.1) is 24.4 Å². The smallest absolute Gasteiger partial charge is 0.335 e. The number of hydrogen-bond donors (Lipinski definition) is 4. The monoisotopic (exact) mass is 536 g/mol. The predicted octanol–water partition coefficient (Wildman–Crippen LogP) is 5.60. The number of carbonyl (C=O) groups is 2. The number of ether oxygens (including phenoxy) is 2. The highest BCUT2D eigenvalue weighted by molar-refractivity contribution is 7.99. The van der Waals surface area contributed by atoms with Crippen molar-refractivity contribution in [3.8, 4) is 0 Å². The molecular weight excluding hydrogens is 504 g/mol. The number of benzene rings is 3. The number of hydrogen-bond acceptors (Lipinski definition) is 6. The second kappa shape index (κ2) is 12.9. The number of amides is 2. The van der Waals surface area contributed by atoms with Crippen molar-refractivity contribution in [1.29, 1.82) is 0 Å². The molecule has 1 aliphatic rings. The molecule has 1 unspecified atom stereocenters. The van der Waals surface area contributed by atoms with Gasteiger partial charge in [-0.25, -0.2) is 9.59 Å². The highest BCUT2D eigenvalue weighted by atomic mass is 32.2. The van der Waals surface area contributed by atoms with E-state index in [1.165, 1.54) is 0 Å². The number of aliphatic hydroxyl groups is 1. The summed E-state index contributed by atoms with van der Waals surface area (Å²) in [6, 6.07) is 21.6. The van der Waals surface area contributed by atoms with E-state index in [-0.39, 0.29) is 36.3 Å². The molecule has 9 heteroatoms. The van der Waals surface area contributed by atoms with Crippen LogP contribution in [-0.4, -0.2) is 40.6 Å². The molecule has 4 N–H and O–H groups in total. The fourth-order valence-electron chi connectivity index (χ4n) is 4.28. The van der Waals surface area contributed by atoms with Crippen molar-refractivity contribution in [1.82, 2.24) is 5.32 Å². The fraction of sp³-hybridized carbons (Fsp3) is 0.310. The Kier molecular flexibility index (Phi) is 9.41. The van der Waals surface area contributed by atoms with Crippen LogP contribution in [0.3, 0.4) is 0 Å². The van der Waals surface area contributed by atoms with Gasteiger partial charge >= 0.3 is 12.0 Å². The molecule has 0 aliphatic carbocycles. The Morgan fingerprint density at radius 1 is 0.974 bits per heavy atom. The molecule has 0 aromatic heterocycles. The van der Waals surface area contributed by atoms with Crippen molar-refractivity contribution in [2.75, 3.05) is 17.6 Å². The molecule has 2 amide bonds. The number of thioether (sulfide) groups is 1. The minimum atomic E-state index is -0.954. The molecular formula is C29H32N2O6S. The zero-order valence-electron chi connectivity index (χ0n) is 21.3. The van der Waals surface area contributed by atoms with Gasteiger partial charge in [0.1, 0.15) is 0 Å². The Bertz CT molecular complexity index is 1230. The van der Waals surface area contributed by atoms with Crippen LogP contribution >= 0.6 is 11.8 Å². The van der Waals surface area contributed by atoms with E-state index in [9.17, 15) is 14.7 Å². The van der Waals surface area contributed by atoms with Crippen molar-refractivity contribution < 1.29 is 29.3 Å². The van der Waals surface area contributed by atoms with E-state index in [0.29, 0.717) is 18.0 Å². The molecule has 38 heavy (non-hydrogen) atoms. The summed E-state index contributed by atoms with van der Waals surface area (Å²) in [6.45, 7) is 4.44. The van der Waals surface area contributed by atoms with Gasteiger partial charge in [-0.3, -0.25) is 0 Å². The first-order valence-corrected chi connectivity index (χ1v) is 13.5. The SMILES string of the molecule is CCNC(=O)Nc1cccc(C2O[C@H](CSc3ccc(C(=O)O)cc3)[C@H](C)[C@H](c3ccc(CO)cc3)O2)c1. The van der Waals surface area contributed by atoms with E-state index < -0.39 is 12.3 Å². The van der Waals surface area contributed by atoms with Crippen molar-refractivity contribution in [3.63, 3.8) is 0 Å². The fourth-order valence-corrected chi connectivity index (χ4v) is 5.35. The van der Waals surface area contributed by atoms with Gasteiger partial charge < -0.3 is 30.3 Å². The molecule has 0 saturated carbocycles. The number of anilines is 1. The molecule has 0 spiro atoms. The van der Waals surface area contributed by atoms with Gasteiger partial charge in [-0.2, -0.15) is 0 Å². The Morgan fingerprint density at radius 2 is 1.71 bits per heavy atom. The first kappa shape index (κ1) is 27.7. The number of aromatic carboxylic acids is 1. The van der Waals surface area contributed by atoms with Crippen molar-refractivity contribution >= 4 is 29.4 Å². The topological polar surface area (TPSA) is 117 Å². The Morgan fingerprint density at radius 3 is 2.37 bits per heavy atom. The van der Waals surface area contributed by atoms with E-state index in [1.54, 1.807) is 36.0 Å². The predicted molar refractivity (Wildman–Crippen MR) is 146 cm³/mol. The van der Waals surface area contributed by atoms with Crippen LogP contribution in [0.25, 0.3) is 0 Å². The largest absolute Gasteiger partial charge is 0.478 e. The van der Waals surface area contributed by atoms with Crippen molar-refractivity contribution in [3.05, 3.63) is 95.1 Å². The maximum absolute atomic E-state index is 12.0. The molecule has 1 fully saturated rings. The summed E-state index contributed by atoms with van der Waals surface area (Å²) in [5.74, 6) is -0.311. The van der Waals surface area contributed by atoms with Crippen molar-refractivity contribution in [2.24, 2.45) is 5.92 Å². The van der Waals surface area contributed by atoms with Crippen LogP contribution < -0.4 is 10.6 Å². The van der Waals surface area contributed by atoms with Gasteiger partial charge in [0.25, 0.3) is 0 Å². The van der Waals surface area contributed by atoms with E-state index in [4.69, 9.17) is 14.6 Å². The lowest BCUT2D eigenvalue weighted by atomic mass is 9.91. The van der Waals surface area contributed by atoms with Crippen LogP contribution in [0.1, 0.15) is 53.3 Å². The maximum Gasteiger partial charge on any atom is 0.335 e. The molecule has 0 bridgehead atoms. The van der Waals surface area contributed by atoms with Crippen LogP contribution in [0.4, 0.5) is 10.5 Å². The molecule has 0 radical (unpaired) electrons. The summed E-state index contributed by atoms with van der Waals surface area (Å²) >= 11 is 1.60. The molecule has 1 saturated heterocycles. The number of rotatable bonds is 9. The third kappa shape index (κ3) is 6.93. The zero-order chi connectivity index (χ0) is 27.1. The van der Waals surface area contributed by atoms with E-state index in [2.05, 4.69) is 17.6 Å². The lowest BCUT2D eigenvalue weighted by Crippen LogP contribution is -2.38. The number of carbonyl (C=O) groups excluding carboxylic acids is 1. The van der Waals surface area contributed by atoms with E-state index in [0.717, 1.165) is 21.6 Å². The molecule has 3 aromatic carbocycles. The minimum absolute atomic E-state index is 0.00802. The van der Waals surface area contributed by atoms with Crippen LogP contribution in [-0.2, 0) is 16.1 Å². The molecule has 1 heterocycles. The molecule has 200 valence electrons. The van der Waals surface area contributed by atoms with Gasteiger partial charge in [-0.05, 0) is 54.4 Å². The highest BCUT2D eigenvalue weighted by Gasteiger charge is 2.38. The Balaban J connectivity index is 1.56. The number of urea groups is 1. The summed E-state index contributed by atoms with van der Waals surface area (Å²) in [5.41, 5.74) is 3.47. The number of carboxylic acids is 1. The third-order valence-corrected chi connectivity index (χ3v) is 7.49. The lowest BCUT2D eigenvalue weighted by molar-refractivity contribution is -0.268. The van der Waals surface area contributed by atoms with Gasteiger partial charge in [-0.1, -0.05) is 43.3 Å². The van der Waals surface area contributed by atoms with Gasteiger partial charge in [0.2, 0.25) is 0 Å². The lowest BCUT2D eigenvalue weighted by Gasteiger charge is -2.41. The summed E-state index contributed by atoms with van der Waals surface area (Å²) in [5, 5.41) is 24.2. The van der Waals surface area contributed by atoms with Crippen molar-refractivity contribution in [2.45, 2.75) is 43.8 Å².